The van der Waals surface area contributed by atoms with Crippen LogP contribution in [0.2, 0.25) is 0 Å². The highest BCUT2D eigenvalue weighted by atomic mass is 32.2. The molecule has 2 N–H and O–H groups in total. The van der Waals surface area contributed by atoms with Gasteiger partial charge in [-0.3, -0.25) is 4.99 Å². The van der Waals surface area contributed by atoms with Gasteiger partial charge in [0.25, 0.3) is 0 Å². The molecule has 1 aromatic heterocycles. The fourth-order valence-electron chi connectivity index (χ4n) is 2.10. The average Bonchev–Trinajstić information content (AvgIpc) is 2.70. The van der Waals surface area contributed by atoms with Crippen LogP contribution in [0.3, 0.4) is 0 Å². The standard InChI is InChI=1S/C19H26N4O2S/c1-20-19(21-10-13-26-2)23-15-16-8-9-18(22-14-16)25-12-11-24-17-6-4-3-5-7-17/h3-9,14H,10-13,15H2,1-2H3,(H2,20,21,23). The number of aliphatic imine (C=N–C) groups is 1. The summed E-state index contributed by atoms with van der Waals surface area (Å²) >= 11 is 1.80. The molecule has 2 aromatic rings. The number of guanidine groups is 1. The Balaban J connectivity index is 1.67. The van der Waals surface area contributed by atoms with Crippen LogP contribution in [-0.2, 0) is 6.54 Å². The van der Waals surface area contributed by atoms with Gasteiger partial charge >= 0.3 is 0 Å². The molecule has 0 saturated heterocycles. The summed E-state index contributed by atoms with van der Waals surface area (Å²) in [7, 11) is 1.77. The van der Waals surface area contributed by atoms with Crippen LogP contribution in [-0.4, -0.2) is 49.8 Å². The molecule has 1 heterocycles. The van der Waals surface area contributed by atoms with Crippen molar-refractivity contribution in [3.63, 3.8) is 0 Å². The minimum absolute atomic E-state index is 0.450. The van der Waals surface area contributed by atoms with Gasteiger partial charge in [0.2, 0.25) is 5.88 Å². The maximum Gasteiger partial charge on any atom is 0.213 e. The highest BCUT2D eigenvalue weighted by molar-refractivity contribution is 7.98. The lowest BCUT2D eigenvalue weighted by molar-refractivity contribution is 0.212. The molecule has 2 rings (SSSR count). The summed E-state index contributed by atoms with van der Waals surface area (Å²) in [6.07, 6.45) is 3.89. The molecule has 0 amide bonds. The van der Waals surface area contributed by atoms with E-state index in [1.54, 1.807) is 25.0 Å². The molecule has 1 aromatic carbocycles. The predicted molar refractivity (Wildman–Crippen MR) is 108 cm³/mol. The molecule has 0 radical (unpaired) electrons. The summed E-state index contributed by atoms with van der Waals surface area (Å²) in [6.45, 7) is 2.47. The van der Waals surface area contributed by atoms with Gasteiger partial charge in [0, 0.05) is 38.2 Å². The van der Waals surface area contributed by atoms with Crippen molar-refractivity contribution in [1.82, 2.24) is 15.6 Å². The molecule has 0 spiro atoms. The molecule has 0 bridgehead atoms. The van der Waals surface area contributed by atoms with Crippen LogP contribution >= 0.6 is 11.8 Å². The molecule has 0 aliphatic heterocycles. The molecular weight excluding hydrogens is 348 g/mol. The zero-order valence-electron chi connectivity index (χ0n) is 15.3. The average molecular weight is 375 g/mol. The Morgan fingerprint density at radius 2 is 1.88 bits per heavy atom. The minimum Gasteiger partial charge on any atom is -0.490 e. The van der Waals surface area contributed by atoms with Crippen molar-refractivity contribution in [2.45, 2.75) is 6.54 Å². The van der Waals surface area contributed by atoms with Crippen LogP contribution in [0.25, 0.3) is 0 Å². The number of nitrogens with one attached hydrogen (secondary N) is 2. The Labute approximate surface area is 159 Å². The number of benzene rings is 1. The zero-order valence-corrected chi connectivity index (χ0v) is 16.1. The largest absolute Gasteiger partial charge is 0.490 e. The van der Waals surface area contributed by atoms with Gasteiger partial charge in [-0.05, 0) is 24.0 Å². The van der Waals surface area contributed by atoms with E-state index in [2.05, 4.69) is 26.9 Å². The van der Waals surface area contributed by atoms with Crippen LogP contribution in [0.5, 0.6) is 11.6 Å². The van der Waals surface area contributed by atoms with E-state index in [0.717, 1.165) is 29.6 Å². The number of pyridine rings is 1. The topological polar surface area (TPSA) is 67.8 Å². The van der Waals surface area contributed by atoms with E-state index in [4.69, 9.17) is 9.47 Å². The fraction of sp³-hybridized carbons (Fsp3) is 0.368. The summed E-state index contributed by atoms with van der Waals surface area (Å²) in [6, 6.07) is 13.5. The second-order valence-electron chi connectivity index (χ2n) is 5.36. The van der Waals surface area contributed by atoms with Gasteiger partial charge in [0.15, 0.2) is 5.96 Å². The van der Waals surface area contributed by atoms with Gasteiger partial charge in [-0.15, -0.1) is 0 Å². The van der Waals surface area contributed by atoms with E-state index in [0.29, 0.717) is 25.6 Å². The van der Waals surface area contributed by atoms with Gasteiger partial charge in [0.1, 0.15) is 19.0 Å². The van der Waals surface area contributed by atoms with E-state index < -0.39 is 0 Å². The van der Waals surface area contributed by atoms with E-state index in [1.807, 2.05) is 42.5 Å². The third-order valence-corrected chi connectivity index (χ3v) is 4.04. The first-order valence-electron chi connectivity index (χ1n) is 8.51. The summed E-state index contributed by atoms with van der Waals surface area (Å²) in [4.78, 5) is 8.51. The van der Waals surface area contributed by atoms with Crippen LogP contribution in [0.1, 0.15) is 5.56 Å². The highest BCUT2D eigenvalue weighted by Crippen LogP contribution is 2.09. The third kappa shape index (κ3) is 7.65. The minimum atomic E-state index is 0.450. The van der Waals surface area contributed by atoms with Gasteiger partial charge in [-0.1, -0.05) is 24.3 Å². The second kappa shape index (κ2) is 12.0. The lowest BCUT2D eigenvalue weighted by Crippen LogP contribution is -2.37. The molecule has 0 aliphatic carbocycles. The smallest absolute Gasteiger partial charge is 0.213 e. The third-order valence-electron chi connectivity index (χ3n) is 3.43. The molecule has 0 fully saturated rings. The first-order chi connectivity index (χ1) is 12.8. The fourth-order valence-corrected chi connectivity index (χ4v) is 2.41. The molecule has 0 atom stereocenters. The molecular formula is C19H26N4O2S. The SMILES string of the molecule is CN=C(NCCSC)NCc1ccc(OCCOc2ccccc2)nc1. The first-order valence-corrected chi connectivity index (χ1v) is 9.90. The lowest BCUT2D eigenvalue weighted by Gasteiger charge is -2.11. The highest BCUT2D eigenvalue weighted by Gasteiger charge is 2.00. The number of hydrogen-bond acceptors (Lipinski definition) is 5. The molecule has 0 unspecified atom stereocenters. The normalized spacial score (nSPS) is 11.1. The number of nitrogens with zero attached hydrogens (tertiary/aromatic N) is 2. The van der Waals surface area contributed by atoms with Crippen molar-refractivity contribution in [2.75, 3.05) is 38.8 Å². The van der Waals surface area contributed by atoms with Crippen molar-refractivity contribution >= 4 is 17.7 Å². The van der Waals surface area contributed by atoms with Crippen molar-refractivity contribution in [3.05, 3.63) is 54.2 Å². The maximum absolute atomic E-state index is 5.60. The Morgan fingerprint density at radius 3 is 2.58 bits per heavy atom. The van der Waals surface area contributed by atoms with E-state index in [-0.39, 0.29) is 0 Å². The quantitative estimate of drug-likeness (QED) is 0.378. The number of hydrogen-bond donors (Lipinski definition) is 2. The van der Waals surface area contributed by atoms with Gasteiger partial charge in [-0.25, -0.2) is 4.98 Å². The van der Waals surface area contributed by atoms with Crippen LogP contribution < -0.4 is 20.1 Å². The molecule has 0 saturated carbocycles. The predicted octanol–water partition coefficient (Wildman–Crippen LogP) is 2.57. The number of thioether (sulfide) groups is 1. The lowest BCUT2D eigenvalue weighted by atomic mass is 10.3. The summed E-state index contributed by atoms with van der Waals surface area (Å²) in [5, 5.41) is 6.52. The van der Waals surface area contributed by atoms with Gasteiger partial charge in [0.05, 0.1) is 0 Å². The Kier molecular flexibility index (Phi) is 9.21. The number of ether oxygens (including phenoxy) is 2. The van der Waals surface area contributed by atoms with Crippen molar-refractivity contribution in [3.8, 4) is 11.6 Å². The molecule has 140 valence electrons. The zero-order chi connectivity index (χ0) is 18.5. The second-order valence-corrected chi connectivity index (χ2v) is 6.35. The van der Waals surface area contributed by atoms with Gasteiger partial charge in [-0.2, -0.15) is 11.8 Å². The Morgan fingerprint density at radius 1 is 1.08 bits per heavy atom. The van der Waals surface area contributed by atoms with E-state index >= 15 is 0 Å². The number of rotatable bonds is 10. The summed E-state index contributed by atoms with van der Waals surface area (Å²) in [5.41, 5.74) is 1.06. The van der Waals surface area contributed by atoms with Gasteiger partial charge < -0.3 is 20.1 Å². The molecule has 6 nitrogen and oxygen atoms in total. The van der Waals surface area contributed by atoms with E-state index in [1.165, 1.54) is 0 Å². The summed E-state index contributed by atoms with van der Waals surface area (Å²) in [5.74, 6) is 3.26. The maximum atomic E-state index is 5.60. The molecule has 0 aliphatic rings. The Hall–Kier alpha value is -2.41. The summed E-state index contributed by atoms with van der Waals surface area (Å²) < 4.78 is 11.2. The van der Waals surface area contributed by atoms with Crippen molar-refractivity contribution in [2.24, 2.45) is 4.99 Å². The van der Waals surface area contributed by atoms with Crippen molar-refractivity contribution < 1.29 is 9.47 Å². The van der Waals surface area contributed by atoms with Crippen molar-refractivity contribution in [1.29, 1.82) is 0 Å². The number of aromatic nitrogens is 1. The number of para-hydroxylation sites is 1. The van der Waals surface area contributed by atoms with Crippen LogP contribution in [0.15, 0.2) is 53.7 Å². The van der Waals surface area contributed by atoms with E-state index in [9.17, 15) is 0 Å². The van der Waals surface area contributed by atoms with Crippen LogP contribution in [0, 0.1) is 0 Å². The Bertz CT molecular complexity index is 650. The molecule has 26 heavy (non-hydrogen) atoms. The monoisotopic (exact) mass is 374 g/mol. The first kappa shape index (κ1) is 19.9. The van der Waals surface area contributed by atoms with Crippen LogP contribution in [0.4, 0.5) is 0 Å². The molecule has 7 heteroatoms.